The molecule has 2 rings (SSSR count). The van der Waals surface area contributed by atoms with E-state index in [9.17, 15) is 20.0 Å². The van der Waals surface area contributed by atoms with Crippen molar-refractivity contribution in [3.63, 3.8) is 0 Å². The Labute approximate surface area is 391 Å². The van der Waals surface area contributed by atoms with E-state index in [-0.39, 0.29) is 68.8 Å². The summed E-state index contributed by atoms with van der Waals surface area (Å²) in [6.07, 6.45) is 21.6. The van der Waals surface area contributed by atoms with Crippen molar-refractivity contribution in [1.29, 1.82) is 5.26 Å². The van der Waals surface area contributed by atoms with E-state index in [0.717, 1.165) is 35.4 Å². The molecule has 1 aromatic carbocycles. The fraction of sp³-hybridized carbons (Fsp3) is 0.652. The van der Waals surface area contributed by atoms with Gasteiger partial charge in [0.15, 0.2) is 0 Å². The van der Waals surface area contributed by atoms with Crippen LogP contribution in [0.2, 0.25) is 0 Å². The Morgan fingerprint density at radius 3 is 2.03 bits per heavy atom. The molecule has 1 N–H and O–H groups in total. The maximum Gasteiger partial charge on any atom is 1.00 e. The molecular weight excluding hydrogens is 806 g/mol. The van der Waals surface area contributed by atoms with Crippen molar-refractivity contribution in [2.75, 3.05) is 70.8 Å². The minimum Gasteiger partial charge on any atom is -0.550 e. The molecule has 1 atom stereocenters. The van der Waals surface area contributed by atoms with Gasteiger partial charge in [-0.1, -0.05) is 96.1 Å². The Hall–Kier alpha value is -3.18. The first-order valence-electron chi connectivity index (χ1n) is 21.8. The average Bonchev–Trinajstić information content (AvgIpc) is 3.56. The molecule has 0 amide bonds. The van der Waals surface area contributed by atoms with E-state index < -0.39 is 17.9 Å². The quantitative estimate of drug-likeness (QED) is 0.0192. The number of aliphatic carboxylic acids is 1. The first-order valence-corrected chi connectivity index (χ1v) is 22.6. The number of ether oxygens (including phenoxy) is 4. The summed E-state index contributed by atoms with van der Waals surface area (Å²) >= 11 is 1.14. The summed E-state index contributed by atoms with van der Waals surface area (Å²) in [5, 5.41) is 39.6. The second-order valence-electron chi connectivity index (χ2n) is 14.8. The Kier molecular flexibility index (Phi) is 33.2. The van der Waals surface area contributed by atoms with Gasteiger partial charge in [-0.2, -0.15) is 5.26 Å². The van der Waals surface area contributed by atoms with Crippen LogP contribution < -0.4 is 39.6 Å². The van der Waals surface area contributed by atoms with E-state index in [2.05, 4.69) is 33.0 Å². The van der Waals surface area contributed by atoms with Crippen molar-refractivity contribution in [3.05, 3.63) is 58.5 Å². The number of hydrogen-bond acceptors (Lipinski definition) is 13. The van der Waals surface area contributed by atoms with Gasteiger partial charge in [0.2, 0.25) is 5.00 Å². The first-order chi connectivity index (χ1) is 29.2. The molecule has 1 unspecified atom stereocenters. The predicted octanol–water partition coefficient (Wildman–Crippen LogP) is 6.78. The van der Waals surface area contributed by atoms with Crippen LogP contribution >= 0.6 is 11.3 Å². The molecule has 2 aromatic rings. The van der Waals surface area contributed by atoms with E-state index in [1.54, 1.807) is 6.92 Å². The molecule has 0 fully saturated rings. The van der Waals surface area contributed by atoms with Crippen molar-refractivity contribution < 1.29 is 68.3 Å². The van der Waals surface area contributed by atoms with Gasteiger partial charge >= 0.3 is 35.5 Å². The van der Waals surface area contributed by atoms with Crippen LogP contribution in [0.3, 0.4) is 0 Å². The molecule has 0 spiro atoms. The number of carboxylic acid groups (broad SMARTS) is 1. The van der Waals surface area contributed by atoms with Gasteiger partial charge in [0.05, 0.1) is 70.5 Å². The van der Waals surface area contributed by atoms with E-state index in [1.807, 2.05) is 37.3 Å². The van der Waals surface area contributed by atoms with Crippen LogP contribution in [0.1, 0.15) is 126 Å². The minimum absolute atomic E-state index is 0. The van der Waals surface area contributed by atoms with E-state index in [0.29, 0.717) is 66.3 Å². The molecular formula is C46H68N5NaO8S. The molecule has 1 aromatic heterocycles. The van der Waals surface area contributed by atoms with E-state index in [1.165, 1.54) is 77.0 Å². The number of aliphatic hydroxyl groups excluding tert-OH is 1. The van der Waals surface area contributed by atoms with Crippen LogP contribution in [-0.2, 0) is 28.5 Å². The van der Waals surface area contributed by atoms with E-state index in [4.69, 9.17) is 30.6 Å². The number of esters is 1. The number of nitrogens with zero attached hydrogens (tertiary/aromatic N) is 5. The third-order valence-corrected chi connectivity index (χ3v) is 11.1. The maximum atomic E-state index is 12.5. The third-order valence-electron chi connectivity index (χ3n) is 10.0. The van der Waals surface area contributed by atoms with Crippen molar-refractivity contribution >= 4 is 44.7 Å². The number of hydrogen-bond donors (Lipinski definition) is 1. The van der Waals surface area contributed by atoms with Crippen LogP contribution in [0.15, 0.2) is 40.6 Å². The summed E-state index contributed by atoms with van der Waals surface area (Å²) in [5.74, 6) is -2.80. The summed E-state index contributed by atoms with van der Waals surface area (Å²) in [6.45, 7) is 16.1. The van der Waals surface area contributed by atoms with Gasteiger partial charge in [0.25, 0.3) is 0 Å². The number of aliphatic hydroxyl groups is 1. The number of aryl methyl sites for hydroxylation is 1. The number of thiophene rings is 1. The second-order valence-corrected chi connectivity index (χ2v) is 15.8. The Bertz CT molecular complexity index is 1660. The maximum absolute atomic E-state index is 12.5. The molecule has 61 heavy (non-hydrogen) atoms. The average molecular weight is 874 g/mol. The second kappa shape index (κ2) is 36.3. The minimum atomic E-state index is -1.26. The number of anilines is 1. The van der Waals surface area contributed by atoms with Gasteiger partial charge in [-0.3, -0.25) is 4.79 Å². The molecule has 15 heteroatoms. The van der Waals surface area contributed by atoms with Crippen molar-refractivity contribution in [2.24, 2.45) is 16.1 Å². The Morgan fingerprint density at radius 1 is 0.885 bits per heavy atom. The van der Waals surface area contributed by atoms with Crippen LogP contribution in [0.5, 0.6) is 0 Å². The zero-order valence-electron chi connectivity index (χ0n) is 37.3. The van der Waals surface area contributed by atoms with Crippen LogP contribution in [0.4, 0.5) is 21.4 Å². The number of azo groups is 1. The SMILES string of the molecule is [C-]#[N+]c1sc(N=Nc2ccc(N(CCOCCOCCO)CCOCCOC(=O)CC(C/C=C/CCCCCCCCCCCCCCC)C(=O)[O-])cc2C)c(C#N)c1C.[Na+]. The monoisotopic (exact) mass is 873 g/mol. The molecule has 13 nitrogen and oxygen atoms in total. The predicted molar refractivity (Wildman–Crippen MR) is 235 cm³/mol. The molecule has 0 aliphatic carbocycles. The largest absolute Gasteiger partial charge is 1.00 e. The number of benzene rings is 1. The number of rotatable bonds is 36. The van der Waals surface area contributed by atoms with Gasteiger partial charge in [-0.15, -0.1) is 21.6 Å². The van der Waals surface area contributed by atoms with Gasteiger partial charge in [-0.25, -0.2) is 4.85 Å². The molecule has 0 saturated heterocycles. The number of nitriles is 1. The van der Waals surface area contributed by atoms with Crippen LogP contribution in [-0.4, -0.2) is 83.0 Å². The number of carbonyl (C=O) groups is 2. The topological polar surface area (TPSA) is 170 Å². The smallest absolute Gasteiger partial charge is 0.550 e. The molecule has 1 heterocycles. The molecule has 0 aliphatic rings. The van der Waals surface area contributed by atoms with Crippen LogP contribution in [0, 0.1) is 37.7 Å². The molecule has 0 radical (unpaired) electrons. The van der Waals surface area contributed by atoms with E-state index >= 15 is 0 Å². The summed E-state index contributed by atoms with van der Waals surface area (Å²) in [6, 6.07) is 7.83. The van der Waals surface area contributed by atoms with Crippen molar-refractivity contribution in [2.45, 2.75) is 124 Å². The fourth-order valence-electron chi connectivity index (χ4n) is 6.45. The molecule has 0 bridgehead atoms. The van der Waals surface area contributed by atoms with Gasteiger partial charge in [-0.05, 0) is 62.4 Å². The first kappa shape index (κ1) is 55.8. The van der Waals surface area contributed by atoms with Gasteiger partial charge < -0.3 is 38.9 Å². The van der Waals surface area contributed by atoms with Crippen molar-refractivity contribution in [3.8, 4) is 6.07 Å². The zero-order chi connectivity index (χ0) is 43.6. The Balaban J connectivity index is 0.0000186. The Morgan fingerprint density at radius 2 is 1.48 bits per heavy atom. The van der Waals surface area contributed by atoms with Gasteiger partial charge in [0, 0.05) is 30.7 Å². The number of carbonyl (C=O) groups excluding carboxylic acids is 2. The molecule has 0 aliphatic heterocycles. The van der Waals surface area contributed by atoms with Crippen molar-refractivity contribution in [1.82, 2.24) is 0 Å². The molecule has 332 valence electrons. The molecule has 0 saturated carbocycles. The summed E-state index contributed by atoms with van der Waals surface area (Å²) in [4.78, 5) is 29.7. The summed E-state index contributed by atoms with van der Waals surface area (Å²) in [5.41, 5.74) is 3.33. The number of unbranched alkanes of at least 4 members (excludes halogenated alkanes) is 13. The zero-order valence-corrected chi connectivity index (χ0v) is 40.1. The normalized spacial score (nSPS) is 11.7. The third kappa shape index (κ3) is 24.9. The number of carboxylic acids is 1. The van der Waals surface area contributed by atoms with Gasteiger partial charge in [0.1, 0.15) is 17.7 Å². The standard InChI is InChI=1S/C46H69N5O8S.Na/c1-5-6-7-8-9-10-11-12-13-14-15-16-17-18-19-20-21-39(46(54)55)35-43(53)59-33-32-57-28-25-51(24-27-56-30-31-58-29-26-52)40-22-23-42(37(2)34-40)49-50-45-41(36-47)38(3)44(48-4)60-45;/h19-20,22-23,34,39,52H,5-18,21,24-33,35H2,1-3H3,(H,54,55);/q;+1/p-1/b20-19+,50-49?;. The summed E-state index contributed by atoms with van der Waals surface area (Å²) in [7, 11) is 0. The number of allylic oxidation sites excluding steroid dienone is 2. The summed E-state index contributed by atoms with van der Waals surface area (Å²) < 4.78 is 22.1. The van der Waals surface area contributed by atoms with Crippen LogP contribution in [0.25, 0.3) is 4.85 Å². The fourth-order valence-corrected chi connectivity index (χ4v) is 7.31.